The second-order valence-corrected chi connectivity index (χ2v) is 5.98. The van der Waals surface area contributed by atoms with Crippen molar-refractivity contribution in [3.05, 3.63) is 29.8 Å². The molecule has 1 amide bonds. The third-order valence-electron chi connectivity index (χ3n) is 4.07. The van der Waals surface area contributed by atoms with E-state index in [1.54, 1.807) is 0 Å². The molecule has 2 N–H and O–H groups in total. The number of carbonyl (C=O) groups excluding carboxylic acids is 1. The Balaban J connectivity index is 0.00000264. The smallest absolute Gasteiger partial charge is 0.220 e. The van der Waals surface area contributed by atoms with Crippen molar-refractivity contribution in [1.29, 1.82) is 0 Å². The molecule has 1 aromatic carbocycles. The van der Waals surface area contributed by atoms with E-state index in [0.29, 0.717) is 12.5 Å². The van der Waals surface area contributed by atoms with E-state index in [0.717, 1.165) is 31.7 Å². The normalized spacial score (nSPS) is 14.3. The van der Waals surface area contributed by atoms with Crippen LogP contribution in [-0.2, 0) is 11.2 Å². The van der Waals surface area contributed by atoms with Crippen molar-refractivity contribution in [3.63, 3.8) is 0 Å². The first-order valence-corrected chi connectivity index (χ1v) is 8.45. The monoisotopic (exact) mass is 340 g/mol. The molecular formula is C18H29ClN2O2. The van der Waals surface area contributed by atoms with Gasteiger partial charge in [0.05, 0.1) is 6.10 Å². The SMILES string of the molecule is CNCCCNC(=O)CCc1cccc(OC2CCCC2)c1.Cl. The van der Waals surface area contributed by atoms with E-state index in [2.05, 4.69) is 22.8 Å². The minimum Gasteiger partial charge on any atom is -0.490 e. The molecule has 2 rings (SSSR count). The minimum atomic E-state index is 0. The van der Waals surface area contributed by atoms with Crippen molar-refractivity contribution in [2.45, 2.75) is 51.0 Å². The van der Waals surface area contributed by atoms with Gasteiger partial charge in [-0.15, -0.1) is 12.4 Å². The van der Waals surface area contributed by atoms with Crippen LogP contribution in [0.3, 0.4) is 0 Å². The van der Waals surface area contributed by atoms with Gasteiger partial charge in [-0.1, -0.05) is 12.1 Å². The third-order valence-corrected chi connectivity index (χ3v) is 4.07. The Kier molecular flexibility index (Phi) is 9.72. The van der Waals surface area contributed by atoms with Crippen LogP contribution in [0.5, 0.6) is 5.75 Å². The van der Waals surface area contributed by atoms with E-state index in [-0.39, 0.29) is 18.3 Å². The van der Waals surface area contributed by atoms with Crippen LogP contribution in [0.1, 0.15) is 44.1 Å². The Bertz CT molecular complexity index is 462. The lowest BCUT2D eigenvalue weighted by atomic mass is 10.1. The molecule has 130 valence electrons. The molecular weight excluding hydrogens is 312 g/mol. The number of hydrogen-bond acceptors (Lipinski definition) is 3. The van der Waals surface area contributed by atoms with E-state index in [9.17, 15) is 4.79 Å². The second kappa shape index (κ2) is 11.3. The summed E-state index contributed by atoms with van der Waals surface area (Å²) in [5, 5.41) is 6.02. The van der Waals surface area contributed by atoms with E-state index in [1.165, 1.54) is 31.2 Å². The topological polar surface area (TPSA) is 50.4 Å². The Labute approximate surface area is 145 Å². The van der Waals surface area contributed by atoms with Gasteiger partial charge in [-0.05, 0) is 69.8 Å². The quantitative estimate of drug-likeness (QED) is 0.679. The third kappa shape index (κ3) is 7.71. The van der Waals surface area contributed by atoms with Gasteiger partial charge in [0.15, 0.2) is 0 Å². The number of rotatable bonds is 9. The molecule has 1 saturated carbocycles. The van der Waals surface area contributed by atoms with Crippen LogP contribution in [-0.4, -0.2) is 32.1 Å². The van der Waals surface area contributed by atoms with Crippen molar-refractivity contribution in [2.75, 3.05) is 20.1 Å². The summed E-state index contributed by atoms with van der Waals surface area (Å²) in [6.07, 6.45) is 7.53. The number of aryl methyl sites for hydroxylation is 1. The van der Waals surface area contributed by atoms with Gasteiger partial charge in [0.2, 0.25) is 5.91 Å². The molecule has 0 radical (unpaired) electrons. The summed E-state index contributed by atoms with van der Waals surface area (Å²) in [6.45, 7) is 1.67. The molecule has 1 fully saturated rings. The predicted octanol–water partition coefficient (Wildman–Crippen LogP) is 3.09. The number of hydrogen-bond donors (Lipinski definition) is 2. The van der Waals surface area contributed by atoms with Crippen LogP contribution in [0.15, 0.2) is 24.3 Å². The first-order chi connectivity index (χ1) is 10.8. The number of halogens is 1. The average Bonchev–Trinajstić information content (AvgIpc) is 3.03. The molecule has 23 heavy (non-hydrogen) atoms. The van der Waals surface area contributed by atoms with Crippen LogP contribution in [0.4, 0.5) is 0 Å². The van der Waals surface area contributed by atoms with Crippen molar-refractivity contribution in [2.24, 2.45) is 0 Å². The fourth-order valence-corrected chi connectivity index (χ4v) is 2.81. The standard InChI is InChI=1S/C18H28N2O2.ClH/c1-19-12-5-13-20-18(21)11-10-15-6-4-9-17(14-15)22-16-7-2-3-8-16;/h4,6,9,14,16,19H,2-3,5,7-8,10-13H2,1H3,(H,20,21);1H. The molecule has 0 saturated heterocycles. The van der Waals surface area contributed by atoms with Crippen molar-refractivity contribution in [3.8, 4) is 5.75 Å². The average molecular weight is 341 g/mol. The molecule has 0 aromatic heterocycles. The van der Waals surface area contributed by atoms with Crippen LogP contribution < -0.4 is 15.4 Å². The van der Waals surface area contributed by atoms with Gasteiger partial charge in [-0.3, -0.25) is 4.79 Å². The van der Waals surface area contributed by atoms with Gasteiger partial charge < -0.3 is 15.4 Å². The van der Waals surface area contributed by atoms with Crippen molar-refractivity contribution < 1.29 is 9.53 Å². The van der Waals surface area contributed by atoms with E-state index >= 15 is 0 Å². The summed E-state index contributed by atoms with van der Waals surface area (Å²) in [6, 6.07) is 8.17. The highest BCUT2D eigenvalue weighted by Gasteiger charge is 2.16. The van der Waals surface area contributed by atoms with E-state index in [1.807, 2.05) is 19.2 Å². The van der Waals surface area contributed by atoms with Gasteiger partial charge in [0.1, 0.15) is 5.75 Å². The van der Waals surface area contributed by atoms with Crippen molar-refractivity contribution in [1.82, 2.24) is 10.6 Å². The van der Waals surface area contributed by atoms with Crippen LogP contribution in [0.2, 0.25) is 0 Å². The fraction of sp³-hybridized carbons (Fsp3) is 0.611. The zero-order valence-electron chi connectivity index (χ0n) is 14.0. The number of amides is 1. The first kappa shape index (κ1) is 19.8. The lowest BCUT2D eigenvalue weighted by Crippen LogP contribution is -2.26. The minimum absolute atomic E-state index is 0. The number of nitrogens with one attached hydrogen (secondary N) is 2. The molecule has 1 aliphatic carbocycles. The van der Waals surface area contributed by atoms with Gasteiger partial charge >= 0.3 is 0 Å². The predicted molar refractivity (Wildman–Crippen MR) is 96.4 cm³/mol. The maximum absolute atomic E-state index is 11.8. The molecule has 0 aliphatic heterocycles. The van der Waals surface area contributed by atoms with Gasteiger partial charge in [-0.25, -0.2) is 0 Å². The van der Waals surface area contributed by atoms with E-state index < -0.39 is 0 Å². The Morgan fingerprint density at radius 3 is 2.78 bits per heavy atom. The maximum atomic E-state index is 11.8. The Hall–Kier alpha value is -1.26. The lowest BCUT2D eigenvalue weighted by molar-refractivity contribution is -0.121. The zero-order valence-corrected chi connectivity index (χ0v) is 14.8. The zero-order chi connectivity index (χ0) is 15.6. The van der Waals surface area contributed by atoms with Crippen LogP contribution in [0.25, 0.3) is 0 Å². The molecule has 0 unspecified atom stereocenters. The summed E-state index contributed by atoms with van der Waals surface area (Å²) in [5.74, 6) is 1.07. The lowest BCUT2D eigenvalue weighted by Gasteiger charge is -2.13. The number of benzene rings is 1. The summed E-state index contributed by atoms with van der Waals surface area (Å²) in [5.41, 5.74) is 1.17. The Morgan fingerprint density at radius 2 is 2.04 bits per heavy atom. The van der Waals surface area contributed by atoms with Gasteiger partial charge in [0.25, 0.3) is 0 Å². The second-order valence-electron chi connectivity index (χ2n) is 5.98. The highest BCUT2D eigenvalue weighted by Crippen LogP contribution is 2.24. The van der Waals surface area contributed by atoms with E-state index in [4.69, 9.17) is 4.74 Å². The molecule has 4 nitrogen and oxygen atoms in total. The summed E-state index contributed by atoms with van der Waals surface area (Å²) in [7, 11) is 1.92. The highest BCUT2D eigenvalue weighted by atomic mass is 35.5. The number of carbonyl (C=O) groups is 1. The molecule has 1 aliphatic rings. The summed E-state index contributed by atoms with van der Waals surface area (Å²) in [4.78, 5) is 11.8. The molecule has 0 bridgehead atoms. The maximum Gasteiger partial charge on any atom is 0.220 e. The molecule has 0 atom stereocenters. The molecule has 0 heterocycles. The molecule has 1 aromatic rings. The first-order valence-electron chi connectivity index (χ1n) is 8.45. The molecule has 5 heteroatoms. The highest BCUT2D eigenvalue weighted by molar-refractivity contribution is 5.85. The van der Waals surface area contributed by atoms with Crippen molar-refractivity contribution >= 4 is 18.3 Å². The van der Waals surface area contributed by atoms with Crippen LogP contribution in [0, 0.1) is 0 Å². The van der Waals surface area contributed by atoms with Crippen LogP contribution >= 0.6 is 12.4 Å². The number of ether oxygens (including phenoxy) is 1. The summed E-state index contributed by atoms with van der Waals surface area (Å²) >= 11 is 0. The van der Waals surface area contributed by atoms with Gasteiger partial charge in [0, 0.05) is 13.0 Å². The van der Waals surface area contributed by atoms with Gasteiger partial charge in [-0.2, -0.15) is 0 Å². The fourth-order valence-electron chi connectivity index (χ4n) is 2.81. The largest absolute Gasteiger partial charge is 0.490 e. The molecule has 0 spiro atoms. The Morgan fingerprint density at radius 1 is 1.26 bits per heavy atom. The summed E-state index contributed by atoms with van der Waals surface area (Å²) < 4.78 is 6.01.